The van der Waals surface area contributed by atoms with Gasteiger partial charge in [0.15, 0.2) is 0 Å². The number of rotatable bonds is 4. The van der Waals surface area contributed by atoms with E-state index in [1.54, 1.807) is 30.3 Å². The zero-order valence-corrected chi connectivity index (χ0v) is 12.6. The maximum absolute atomic E-state index is 12.2. The lowest BCUT2D eigenvalue weighted by molar-refractivity contribution is 0.0988. The second-order valence-electron chi connectivity index (χ2n) is 5.26. The lowest BCUT2D eigenvalue weighted by atomic mass is 10.1. The van der Waals surface area contributed by atoms with Gasteiger partial charge in [-0.05, 0) is 24.6 Å². The van der Waals surface area contributed by atoms with Crippen LogP contribution in [-0.2, 0) is 6.61 Å². The van der Waals surface area contributed by atoms with Gasteiger partial charge in [0.1, 0.15) is 5.69 Å². The summed E-state index contributed by atoms with van der Waals surface area (Å²) in [4.78, 5) is 12.2. The average Bonchev–Trinajstić information content (AvgIpc) is 3.06. The van der Waals surface area contributed by atoms with Crippen LogP contribution in [0.1, 0.15) is 21.7 Å². The van der Waals surface area contributed by atoms with E-state index in [1.165, 1.54) is 0 Å². The fourth-order valence-electron chi connectivity index (χ4n) is 2.18. The first kappa shape index (κ1) is 15.0. The summed E-state index contributed by atoms with van der Waals surface area (Å²) in [6.45, 7) is 1.93. The predicted molar refractivity (Wildman–Crippen MR) is 87.0 cm³/mol. The van der Waals surface area contributed by atoms with E-state index in [2.05, 4.69) is 10.5 Å². The standard InChI is InChI=1S/C18H16N2O3/c1-12-5-7-14(8-6-12)16-10-17(23-20-16)18(22)19-15-4-2-3-13(9-15)11-21/h2-10,21H,11H2,1H3,(H,19,22). The van der Waals surface area contributed by atoms with Gasteiger partial charge < -0.3 is 14.9 Å². The molecule has 2 aromatic carbocycles. The van der Waals surface area contributed by atoms with Crippen molar-refractivity contribution in [1.29, 1.82) is 0 Å². The minimum Gasteiger partial charge on any atom is -0.392 e. The molecule has 0 aliphatic heterocycles. The molecule has 116 valence electrons. The Morgan fingerprint density at radius 2 is 1.96 bits per heavy atom. The number of aryl methyl sites for hydroxylation is 1. The van der Waals surface area contributed by atoms with Crippen LogP contribution >= 0.6 is 0 Å². The number of nitrogens with zero attached hydrogens (tertiary/aromatic N) is 1. The molecule has 0 spiro atoms. The molecule has 0 radical (unpaired) electrons. The van der Waals surface area contributed by atoms with E-state index in [9.17, 15) is 4.79 Å². The van der Waals surface area contributed by atoms with E-state index in [4.69, 9.17) is 9.63 Å². The van der Waals surface area contributed by atoms with Gasteiger partial charge in [-0.1, -0.05) is 47.1 Å². The maximum Gasteiger partial charge on any atom is 0.294 e. The van der Waals surface area contributed by atoms with E-state index in [0.29, 0.717) is 11.4 Å². The fraction of sp³-hybridized carbons (Fsp3) is 0.111. The molecule has 3 aromatic rings. The Morgan fingerprint density at radius 1 is 1.17 bits per heavy atom. The van der Waals surface area contributed by atoms with Crippen molar-refractivity contribution in [3.63, 3.8) is 0 Å². The third-order valence-corrected chi connectivity index (χ3v) is 3.45. The van der Waals surface area contributed by atoms with Crippen molar-refractivity contribution in [3.8, 4) is 11.3 Å². The minimum atomic E-state index is -0.383. The summed E-state index contributed by atoms with van der Waals surface area (Å²) in [7, 11) is 0. The summed E-state index contributed by atoms with van der Waals surface area (Å²) in [5, 5.41) is 15.8. The van der Waals surface area contributed by atoms with Crippen LogP contribution in [0.15, 0.2) is 59.1 Å². The molecule has 1 heterocycles. The highest BCUT2D eigenvalue weighted by Crippen LogP contribution is 2.20. The molecule has 1 amide bonds. The van der Waals surface area contributed by atoms with E-state index in [-0.39, 0.29) is 18.3 Å². The number of anilines is 1. The smallest absolute Gasteiger partial charge is 0.294 e. The number of amides is 1. The van der Waals surface area contributed by atoms with Gasteiger partial charge in [0.2, 0.25) is 5.76 Å². The largest absolute Gasteiger partial charge is 0.392 e. The van der Waals surface area contributed by atoms with Crippen LogP contribution in [0.4, 0.5) is 5.69 Å². The average molecular weight is 308 g/mol. The van der Waals surface area contributed by atoms with Crippen LogP contribution in [0, 0.1) is 6.92 Å². The van der Waals surface area contributed by atoms with Crippen LogP contribution < -0.4 is 5.32 Å². The Morgan fingerprint density at radius 3 is 2.70 bits per heavy atom. The summed E-state index contributed by atoms with van der Waals surface area (Å²) >= 11 is 0. The molecule has 5 nitrogen and oxygen atoms in total. The molecule has 2 N–H and O–H groups in total. The number of aliphatic hydroxyl groups excluding tert-OH is 1. The molecular formula is C18H16N2O3. The molecule has 0 atom stereocenters. The molecule has 0 unspecified atom stereocenters. The monoisotopic (exact) mass is 308 g/mol. The summed E-state index contributed by atoms with van der Waals surface area (Å²) in [5.74, 6) is -0.249. The summed E-state index contributed by atoms with van der Waals surface area (Å²) in [6.07, 6.45) is 0. The topological polar surface area (TPSA) is 75.4 Å². The first-order valence-corrected chi connectivity index (χ1v) is 7.20. The Labute approximate surface area is 133 Å². The molecule has 0 aliphatic carbocycles. The summed E-state index contributed by atoms with van der Waals surface area (Å²) < 4.78 is 5.13. The van der Waals surface area contributed by atoms with Crippen LogP contribution in [0.3, 0.4) is 0 Å². The number of benzene rings is 2. The molecule has 0 aliphatic rings. The molecule has 0 saturated heterocycles. The van der Waals surface area contributed by atoms with Crippen molar-refractivity contribution in [2.45, 2.75) is 13.5 Å². The van der Waals surface area contributed by atoms with Gasteiger partial charge in [0.25, 0.3) is 5.91 Å². The van der Waals surface area contributed by atoms with Gasteiger partial charge in [-0.2, -0.15) is 0 Å². The van der Waals surface area contributed by atoms with E-state index in [0.717, 1.165) is 16.7 Å². The lowest BCUT2D eigenvalue weighted by Crippen LogP contribution is -2.11. The Hall–Kier alpha value is -2.92. The summed E-state index contributed by atoms with van der Waals surface area (Å²) in [6, 6.07) is 16.4. The second kappa shape index (κ2) is 6.46. The van der Waals surface area contributed by atoms with Crippen molar-refractivity contribution in [2.75, 3.05) is 5.32 Å². The molecular weight excluding hydrogens is 292 g/mol. The number of aromatic nitrogens is 1. The fourth-order valence-corrected chi connectivity index (χ4v) is 2.18. The van der Waals surface area contributed by atoms with E-state index in [1.807, 2.05) is 31.2 Å². The van der Waals surface area contributed by atoms with Crippen LogP contribution in [0.5, 0.6) is 0 Å². The van der Waals surface area contributed by atoms with Crippen LogP contribution in [-0.4, -0.2) is 16.2 Å². The molecule has 0 fully saturated rings. The normalized spacial score (nSPS) is 10.5. The van der Waals surface area contributed by atoms with E-state index >= 15 is 0 Å². The number of aliphatic hydroxyl groups is 1. The zero-order valence-electron chi connectivity index (χ0n) is 12.6. The molecule has 3 rings (SSSR count). The molecule has 5 heteroatoms. The lowest BCUT2D eigenvalue weighted by Gasteiger charge is -2.04. The molecule has 23 heavy (non-hydrogen) atoms. The predicted octanol–water partition coefficient (Wildman–Crippen LogP) is 3.39. The van der Waals surface area contributed by atoms with Gasteiger partial charge >= 0.3 is 0 Å². The summed E-state index contributed by atoms with van der Waals surface area (Å²) in [5.41, 5.74) is 3.97. The van der Waals surface area contributed by atoms with Gasteiger partial charge in [-0.15, -0.1) is 0 Å². The number of carbonyl (C=O) groups is 1. The van der Waals surface area contributed by atoms with Crippen molar-refractivity contribution in [3.05, 3.63) is 71.5 Å². The molecule has 0 bridgehead atoms. The van der Waals surface area contributed by atoms with Crippen molar-refractivity contribution in [2.24, 2.45) is 0 Å². The van der Waals surface area contributed by atoms with Crippen molar-refractivity contribution < 1.29 is 14.4 Å². The number of hydrogen-bond donors (Lipinski definition) is 2. The quantitative estimate of drug-likeness (QED) is 0.774. The highest BCUT2D eigenvalue weighted by Gasteiger charge is 2.14. The van der Waals surface area contributed by atoms with Gasteiger partial charge in [0.05, 0.1) is 6.61 Å². The Balaban J connectivity index is 1.76. The maximum atomic E-state index is 12.2. The number of hydrogen-bond acceptors (Lipinski definition) is 4. The Kier molecular flexibility index (Phi) is 4.21. The molecule has 1 aromatic heterocycles. The second-order valence-corrected chi connectivity index (χ2v) is 5.26. The Bertz CT molecular complexity index is 822. The van der Waals surface area contributed by atoms with E-state index < -0.39 is 0 Å². The minimum absolute atomic E-state index is 0.0798. The zero-order chi connectivity index (χ0) is 16.2. The van der Waals surface area contributed by atoms with Crippen molar-refractivity contribution >= 4 is 11.6 Å². The molecule has 0 saturated carbocycles. The number of nitrogens with one attached hydrogen (secondary N) is 1. The number of carbonyl (C=O) groups excluding carboxylic acids is 1. The SMILES string of the molecule is Cc1ccc(-c2cc(C(=O)Nc3cccc(CO)c3)on2)cc1. The van der Waals surface area contributed by atoms with Gasteiger partial charge in [-0.3, -0.25) is 4.79 Å². The van der Waals surface area contributed by atoms with Crippen LogP contribution in [0.25, 0.3) is 11.3 Å². The van der Waals surface area contributed by atoms with Crippen LogP contribution in [0.2, 0.25) is 0 Å². The third kappa shape index (κ3) is 3.46. The first-order chi connectivity index (χ1) is 11.2. The highest BCUT2D eigenvalue weighted by molar-refractivity contribution is 6.02. The third-order valence-electron chi connectivity index (χ3n) is 3.45. The first-order valence-electron chi connectivity index (χ1n) is 7.20. The van der Waals surface area contributed by atoms with Gasteiger partial charge in [-0.25, -0.2) is 0 Å². The van der Waals surface area contributed by atoms with Crippen molar-refractivity contribution in [1.82, 2.24) is 5.16 Å². The van der Waals surface area contributed by atoms with Gasteiger partial charge in [0, 0.05) is 17.3 Å². The highest BCUT2D eigenvalue weighted by atomic mass is 16.5.